The van der Waals surface area contributed by atoms with E-state index in [9.17, 15) is 4.79 Å². The summed E-state index contributed by atoms with van der Waals surface area (Å²) in [5.74, 6) is 0.277. The molecule has 1 saturated carbocycles. The Bertz CT molecular complexity index is 337. The minimum absolute atomic E-state index is 0.0996. The fourth-order valence-corrected chi connectivity index (χ4v) is 1.91. The summed E-state index contributed by atoms with van der Waals surface area (Å²) in [6.45, 7) is 0.505. The Morgan fingerprint density at radius 1 is 1.25 bits per heavy atom. The van der Waals surface area contributed by atoms with Gasteiger partial charge in [0.2, 0.25) is 0 Å². The summed E-state index contributed by atoms with van der Waals surface area (Å²) in [5, 5.41) is 0. The Morgan fingerprint density at radius 2 is 2.06 bits per heavy atom. The zero-order valence-corrected chi connectivity index (χ0v) is 9.32. The molecule has 0 amide bonds. The van der Waals surface area contributed by atoms with Gasteiger partial charge in [-0.2, -0.15) is 5.48 Å². The summed E-state index contributed by atoms with van der Waals surface area (Å²) in [6.07, 6.45) is 3.72. The van der Waals surface area contributed by atoms with Crippen LogP contribution in [-0.4, -0.2) is 11.8 Å². The molecule has 86 valence electrons. The van der Waals surface area contributed by atoms with Gasteiger partial charge in [0, 0.05) is 6.42 Å². The van der Waals surface area contributed by atoms with Crippen LogP contribution in [0.1, 0.15) is 31.2 Å². The molecule has 1 N–H and O–H groups in total. The number of Topliss-reactive ketones (excluding diaryl/α,β-unsaturated/α-hetero) is 1. The zero-order chi connectivity index (χ0) is 11.2. The van der Waals surface area contributed by atoms with Crippen LogP contribution in [0.15, 0.2) is 30.3 Å². The van der Waals surface area contributed by atoms with Crippen LogP contribution in [0.4, 0.5) is 0 Å². The second kappa shape index (κ2) is 5.77. The number of rotatable bonds is 4. The summed E-state index contributed by atoms with van der Waals surface area (Å²) in [4.78, 5) is 16.9. The van der Waals surface area contributed by atoms with Crippen LogP contribution >= 0.6 is 0 Å². The molecule has 1 unspecified atom stereocenters. The van der Waals surface area contributed by atoms with E-state index in [1.165, 1.54) is 0 Å². The van der Waals surface area contributed by atoms with E-state index in [0.29, 0.717) is 13.0 Å². The lowest BCUT2D eigenvalue weighted by Crippen LogP contribution is -2.38. The number of nitrogens with one attached hydrogen (secondary N) is 1. The highest BCUT2D eigenvalue weighted by Crippen LogP contribution is 2.14. The molecule has 1 aromatic rings. The second-order valence-corrected chi connectivity index (χ2v) is 4.16. The van der Waals surface area contributed by atoms with Gasteiger partial charge in [-0.15, -0.1) is 0 Å². The molecular weight excluding hydrogens is 202 g/mol. The lowest BCUT2D eigenvalue weighted by Gasteiger charge is -2.21. The van der Waals surface area contributed by atoms with Crippen LogP contribution in [0.25, 0.3) is 0 Å². The molecule has 2 rings (SSSR count). The Hall–Kier alpha value is -1.19. The maximum Gasteiger partial charge on any atom is 0.152 e. The van der Waals surface area contributed by atoms with Crippen LogP contribution in [0.5, 0.6) is 0 Å². The Balaban J connectivity index is 1.73. The SMILES string of the molecule is O=C1CCCCC1NOCc1ccccc1. The number of carbonyl (C=O) groups is 1. The van der Waals surface area contributed by atoms with Gasteiger partial charge in [-0.05, 0) is 18.4 Å². The summed E-state index contributed by atoms with van der Waals surface area (Å²) in [7, 11) is 0. The highest BCUT2D eigenvalue weighted by Gasteiger charge is 2.21. The molecule has 3 nitrogen and oxygen atoms in total. The standard InChI is InChI=1S/C13H17NO2/c15-13-9-5-4-8-12(13)14-16-10-11-6-2-1-3-7-11/h1-3,6-7,12,14H,4-5,8-10H2. The smallest absolute Gasteiger partial charge is 0.152 e. The Kier molecular flexibility index (Phi) is 4.08. The molecule has 0 aliphatic heterocycles. The number of ketones is 1. The van der Waals surface area contributed by atoms with E-state index in [-0.39, 0.29) is 11.8 Å². The van der Waals surface area contributed by atoms with Crippen molar-refractivity contribution in [2.24, 2.45) is 0 Å². The van der Waals surface area contributed by atoms with E-state index in [1.807, 2.05) is 30.3 Å². The van der Waals surface area contributed by atoms with Gasteiger partial charge >= 0.3 is 0 Å². The van der Waals surface area contributed by atoms with Gasteiger partial charge in [0.15, 0.2) is 5.78 Å². The van der Waals surface area contributed by atoms with Gasteiger partial charge < -0.3 is 0 Å². The third-order valence-corrected chi connectivity index (χ3v) is 2.86. The second-order valence-electron chi connectivity index (χ2n) is 4.16. The molecule has 0 aromatic heterocycles. The molecule has 0 spiro atoms. The van der Waals surface area contributed by atoms with E-state index < -0.39 is 0 Å². The molecule has 1 aliphatic carbocycles. The lowest BCUT2D eigenvalue weighted by molar-refractivity contribution is -0.127. The predicted octanol–water partition coefficient (Wildman–Crippen LogP) is 2.22. The third-order valence-electron chi connectivity index (χ3n) is 2.86. The van der Waals surface area contributed by atoms with Crippen LogP contribution in [0.2, 0.25) is 0 Å². The van der Waals surface area contributed by atoms with Crippen molar-refractivity contribution in [3.05, 3.63) is 35.9 Å². The first-order valence-corrected chi connectivity index (χ1v) is 5.80. The average molecular weight is 219 g/mol. The maximum atomic E-state index is 11.5. The summed E-state index contributed by atoms with van der Waals surface area (Å²) in [6, 6.07) is 9.84. The molecule has 0 saturated heterocycles. The maximum absolute atomic E-state index is 11.5. The number of hydroxylamine groups is 1. The fraction of sp³-hybridized carbons (Fsp3) is 0.462. The van der Waals surface area contributed by atoms with Gasteiger partial charge in [-0.1, -0.05) is 36.8 Å². The minimum atomic E-state index is -0.0996. The highest BCUT2D eigenvalue weighted by atomic mass is 16.6. The lowest BCUT2D eigenvalue weighted by atomic mass is 9.95. The predicted molar refractivity (Wildman–Crippen MR) is 61.6 cm³/mol. The molecule has 0 radical (unpaired) electrons. The number of benzene rings is 1. The molecule has 0 bridgehead atoms. The quantitative estimate of drug-likeness (QED) is 0.789. The van der Waals surface area contributed by atoms with Crippen molar-refractivity contribution in [1.82, 2.24) is 5.48 Å². The van der Waals surface area contributed by atoms with E-state index in [0.717, 1.165) is 24.8 Å². The third kappa shape index (κ3) is 3.15. The molecule has 1 atom stereocenters. The molecule has 1 aliphatic rings. The van der Waals surface area contributed by atoms with Gasteiger partial charge in [-0.25, -0.2) is 0 Å². The van der Waals surface area contributed by atoms with Crippen LogP contribution in [0, 0.1) is 0 Å². The Morgan fingerprint density at radius 3 is 2.81 bits per heavy atom. The van der Waals surface area contributed by atoms with Crippen molar-refractivity contribution >= 4 is 5.78 Å². The van der Waals surface area contributed by atoms with E-state index in [4.69, 9.17) is 4.84 Å². The van der Waals surface area contributed by atoms with Crippen LogP contribution in [0.3, 0.4) is 0 Å². The largest absolute Gasteiger partial charge is 0.298 e. The first kappa shape index (κ1) is 11.3. The number of hydrogen-bond donors (Lipinski definition) is 1. The van der Waals surface area contributed by atoms with Gasteiger partial charge in [0.05, 0.1) is 12.6 Å². The van der Waals surface area contributed by atoms with Crippen molar-refractivity contribution < 1.29 is 9.63 Å². The number of hydrogen-bond acceptors (Lipinski definition) is 3. The van der Waals surface area contributed by atoms with Crippen molar-refractivity contribution in [3.63, 3.8) is 0 Å². The summed E-state index contributed by atoms with van der Waals surface area (Å²) < 4.78 is 0. The average Bonchev–Trinajstić information content (AvgIpc) is 2.33. The normalized spacial score (nSPS) is 21.0. The monoisotopic (exact) mass is 219 g/mol. The molecule has 3 heteroatoms. The van der Waals surface area contributed by atoms with Gasteiger partial charge in [0.25, 0.3) is 0 Å². The van der Waals surface area contributed by atoms with Crippen molar-refractivity contribution in [2.75, 3.05) is 0 Å². The van der Waals surface area contributed by atoms with Gasteiger partial charge in [0.1, 0.15) is 0 Å². The Labute approximate surface area is 95.8 Å². The van der Waals surface area contributed by atoms with Crippen LogP contribution < -0.4 is 5.48 Å². The first-order valence-electron chi connectivity index (χ1n) is 5.80. The first-order chi connectivity index (χ1) is 7.86. The number of carbonyl (C=O) groups excluding carboxylic acids is 1. The molecule has 0 heterocycles. The summed E-state index contributed by atoms with van der Waals surface area (Å²) in [5.41, 5.74) is 3.98. The minimum Gasteiger partial charge on any atom is -0.298 e. The van der Waals surface area contributed by atoms with Crippen molar-refractivity contribution in [3.8, 4) is 0 Å². The van der Waals surface area contributed by atoms with Crippen molar-refractivity contribution in [1.29, 1.82) is 0 Å². The molecule has 16 heavy (non-hydrogen) atoms. The van der Waals surface area contributed by atoms with E-state index in [1.54, 1.807) is 0 Å². The zero-order valence-electron chi connectivity index (χ0n) is 9.32. The fourth-order valence-electron chi connectivity index (χ4n) is 1.91. The molecule has 1 fully saturated rings. The van der Waals surface area contributed by atoms with E-state index in [2.05, 4.69) is 5.48 Å². The highest BCUT2D eigenvalue weighted by molar-refractivity contribution is 5.84. The molecule has 1 aromatic carbocycles. The topological polar surface area (TPSA) is 38.3 Å². The summed E-state index contributed by atoms with van der Waals surface area (Å²) >= 11 is 0. The van der Waals surface area contributed by atoms with Gasteiger partial charge in [-0.3, -0.25) is 9.63 Å². The van der Waals surface area contributed by atoms with Crippen molar-refractivity contribution in [2.45, 2.75) is 38.3 Å². The molecular formula is C13H17NO2. The van der Waals surface area contributed by atoms with E-state index >= 15 is 0 Å². The van der Waals surface area contributed by atoms with Crippen LogP contribution in [-0.2, 0) is 16.2 Å².